The summed E-state index contributed by atoms with van der Waals surface area (Å²) in [6, 6.07) is 18.2. The molecular weight excluding hydrogens is 801 g/mol. The van der Waals surface area contributed by atoms with Crippen LogP contribution in [-0.4, -0.2) is 49.6 Å². The minimum absolute atomic E-state index is 0. The molecule has 0 N–H and O–H groups in total. The van der Waals surface area contributed by atoms with Crippen molar-refractivity contribution in [1.82, 2.24) is 0 Å². The van der Waals surface area contributed by atoms with E-state index in [0.29, 0.717) is 10.0 Å². The molecular formula is C36H14Cl2N2Na2O10S2. The second-order valence-electron chi connectivity index (χ2n) is 12.2. The van der Waals surface area contributed by atoms with Gasteiger partial charge in [0.1, 0.15) is 20.2 Å². The van der Waals surface area contributed by atoms with Gasteiger partial charge in [0.05, 0.1) is 32.3 Å². The second kappa shape index (κ2) is 13.0. The average molecular weight is 816 g/mol. The third-order valence-electron chi connectivity index (χ3n) is 9.47. The van der Waals surface area contributed by atoms with Crippen LogP contribution in [0, 0.1) is 0 Å². The standard InChI is InChI=1S/C36H16Cl2N2O10S2.2Na/c37-15-1-5-17(6-2-15)39-33(41)21-11-9-19-30-26(52(48,49)50)14-24-28-22(34(42)40(36(24)44)18-7-3-16(38)4-8-18)12-10-20(32(28)30)29-25(51(45,46)47)13-23(35(39)43)27(21)31(19)29;;/h1-14H,(H,45,46,47)(H,48,49,50);;/q;2*+1/p-2. The fraction of sp³-hybridized carbons (Fsp3) is 0. The number of hydrogen-bond donors (Lipinski definition) is 0. The first kappa shape index (κ1) is 38.8. The normalized spacial score (nSPS) is 14.4. The Hall–Kier alpha value is -3.48. The Morgan fingerprint density at radius 3 is 1.06 bits per heavy atom. The van der Waals surface area contributed by atoms with Crippen LogP contribution in [0.2, 0.25) is 10.0 Å². The van der Waals surface area contributed by atoms with Crippen molar-refractivity contribution in [2.24, 2.45) is 0 Å². The first-order valence-electron chi connectivity index (χ1n) is 15.1. The number of amides is 4. The van der Waals surface area contributed by atoms with E-state index in [1.807, 2.05) is 0 Å². The van der Waals surface area contributed by atoms with Gasteiger partial charge in [0, 0.05) is 53.5 Å². The Labute approximate surface area is 359 Å². The summed E-state index contributed by atoms with van der Waals surface area (Å²) in [6.45, 7) is 0. The van der Waals surface area contributed by atoms with E-state index in [4.69, 9.17) is 23.2 Å². The van der Waals surface area contributed by atoms with Crippen molar-refractivity contribution in [3.05, 3.63) is 117 Å². The van der Waals surface area contributed by atoms with Crippen LogP contribution >= 0.6 is 23.2 Å². The van der Waals surface area contributed by atoms with E-state index in [-0.39, 0.29) is 136 Å². The van der Waals surface area contributed by atoms with E-state index in [0.717, 1.165) is 21.9 Å². The van der Waals surface area contributed by atoms with Gasteiger partial charge in [-0.2, -0.15) is 0 Å². The molecule has 2 heterocycles. The number of carbonyl (C=O) groups excluding carboxylic acids is 4. The molecule has 0 radical (unpaired) electrons. The van der Waals surface area contributed by atoms with Gasteiger partial charge in [-0.1, -0.05) is 35.3 Å². The average Bonchev–Trinajstić information content (AvgIpc) is 3.09. The smallest absolute Gasteiger partial charge is 0.744 e. The quantitative estimate of drug-likeness (QED) is 0.0794. The number of imide groups is 2. The molecule has 0 unspecified atom stereocenters. The predicted octanol–water partition coefficient (Wildman–Crippen LogP) is 0.461. The maximum absolute atomic E-state index is 14.1. The fourth-order valence-corrected chi connectivity index (χ4v) is 9.14. The molecule has 2 aliphatic rings. The zero-order chi connectivity index (χ0) is 36.8. The summed E-state index contributed by atoms with van der Waals surface area (Å²) in [5.41, 5.74) is -0.714. The Balaban J connectivity index is 0.00000225. The van der Waals surface area contributed by atoms with Crippen molar-refractivity contribution in [3.63, 3.8) is 0 Å². The summed E-state index contributed by atoms with van der Waals surface area (Å²) in [4.78, 5) is 56.0. The maximum atomic E-state index is 14.1. The van der Waals surface area contributed by atoms with Gasteiger partial charge in [-0.25, -0.2) is 26.6 Å². The molecule has 9 rings (SSSR count). The number of halogens is 2. The van der Waals surface area contributed by atoms with Gasteiger partial charge in [-0.05, 0) is 83.6 Å². The summed E-state index contributed by atoms with van der Waals surface area (Å²) < 4.78 is 78.5. The van der Waals surface area contributed by atoms with E-state index in [1.54, 1.807) is 0 Å². The summed E-state index contributed by atoms with van der Waals surface area (Å²) in [7, 11) is -10.9. The number of fused-ring (bicyclic) bond motifs is 2. The summed E-state index contributed by atoms with van der Waals surface area (Å²) in [5.74, 6) is -3.61. The second-order valence-corrected chi connectivity index (χ2v) is 15.7. The molecule has 54 heavy (non-hydrogen) atoms. The topological polar surface area (TPSA) is 189 Å². The summed E-state index contributed by atoms with van der Waals surface area (Å²) in [5, 5.41) is -0.695. The van der Waals surface area contributed by atoms with Gasteiger partial charge in [0.15, 0.2) is 0 Å². The SMILES string of the molecule is O=C1c2ccc3c4c(S(=O)(=O)[O-])cc5c6c(ccc(c7c(S(=O)(=O)[O-])cc(c2c37)C(=O)N1c1ccc(Cl)cc1)c64)C(=O)N(c1ccc(Cl)cc1)C5=O.[Na+].[Na+]. The van der Waals surface area contributed by atoms with Crippen molar-refractivity contribution in [2.45, 2.75) is 9.79 Å². The molecule has 2 aliphatic heterocycles. The zero-order valence-electron chi connectivity index (χ0n) is 27.6. The van der Waals surface area contributed by atoms with Crippen LogP contribution in [0.5, 0.6) is 0 Å². The van der Waals surface area contributed by atoms with E-state index < -0.39 is 53.7 Å². The van der Waals surface area contributed by atoms with Crippen molar-refractivity contribution in [3.8, 4) is 0 Å². The van der Waals surface area contributed by atoms with Crippen LogP contribution in [0.3, 0.4) is 0 Å². The third kappa shape index (κ3) is 5.39. The van der Waals surface area contributed by atoms with Crippen LogP contribution in [0.25, 0.3) is 43.1 Å². The molecule has 18 heteroatoms. The molecule has 0 fully saturated rings. The fourth-order valence-electron chi connectivity index (χ4n) is 7.44. The number of anilines is 2. The van der Waals surface area contributed by atoms with Crippen molar-refractivity contribution in [2.75, 3.05) is 9.80 Å². The monoisotopic (exact) mass is 814 g/mol. The van der Waals surface area contributed by atoms with E-state index in [9.17, 15) is 45.1 Å². The molecule has 7 aromatic carbocycles. The van der Waals surface area contributed by atoms with Crippen molar-refractivity contribution < 1.29 is 104 Å². The number of rotatable bonds is 4. The Morgan fingerprint density at radius 1 is 0.426 bits per heavy atom. The first-order valence-corrected chi connectivity index (χ1v) is 18.6. The molecule has 0 atom stereocenters. The molecule has 4 amide bonds. The minimum Gasteiger partial charge on any atom is -0.744 e. The van der Waals surface area contributed by atoms with Gasteiger partial charge in [-0.15, -0.1) is 0 Å². The van der Waals surface area contributed by atoms with Crippen LogP contribution in [-0.2, 0) is 20.2 Å². The van der Waals surface area contributed by atoms with Gasteiger partial charge >= 0.3 is 59.1 Å². The van der Waals surface area contributed by atoms with Crippen LogP contribution in [0.1, 0.15) is 41.4 Å². The Bertz CT molecular complexity index is 2910. The van der Waals surface area contributed by atoms with Crippen molar-refractivity contribution in [1.29, 1.82) is 0 Å². The van der Waals surface area contributed by atoms with Gasteiger partial charge in [0.25, 0.3) is 23.6 Å². The Kier molecular flexibility index (Phi) is 9.37. The molecule has 256 valence electrons. The van der Waals surface area contributed by atoms with E-state index in [2.05, 4.69) is 0 Å². The van der Waals surface area contributed by atoms with Gasteiger partial charge < -0.3 is 9.11 Å². The van der Waals surface area contributed by atoms with Gasteiger partial charge in [0.2, 0.25) is 0 Å². The zero-order valence-corrected chi connectivity index (χ0v) is 34.8. The summed E-state index contributed by atoms with van der Waals surface area (Å²) in [6.07, 6.45) is 0. The molecule has 0 spiro atoms. The van der Waals surface area contributed by atoms with Gasteiger partial charge in [-0.3, -0.25) is 19.2 Å². The maximum Gasteiger partial charge on any atom is 1.00 e. The van der Waals surface area contributed by atoms with E-state index >= 15 is 0 Å². The number of carbonyl (C=O) groups is 4. The predicted molar refractivity (Wildman–Crippen MR) is 189 cm³/mol. The Morgan fingerprint density at radius 2 is 0.741 bits per heavy atom. The molecule has 0 aliphatic carbocycles. The number of nitrogens with zero attached hydrogens (tertiary/aromatic N) is 2. The minimum atomic E-state index is -5.44. The van der Waals surface area contributed by atoms with Crippen molar-refractivity contribution >= 4 is 122 Å². The molecule has 0 bridgehead atoms. The number of benzene rings is 7. The molecule has 0 aromatic heterocycles. The van der Waals surface area contributed by atoms with Crippen LogP contribution in [0.15, 0.2) is 94.7 Å². The third-order valence-corrected chi connectivity index (χ3v) is 11.7. The molecule has 12 nitrogen and oxygen atoms in total. The summed E-state index contributed by atoms with van der Waals surface area (Å²) >= 11 is 12.0. The van der Waals surface area contributed by atoms with E-state index in [1.165, 1.54) is 72.8 Å². The largest absolute Gasteiger partial charge is 1.00 e. The van der Waals surface area contributed by atoms with Crippen LogP contribution in [0.4, 0.5) is 11.4 Å². The molecule has 0 saturated carbocycles. The number of hydrogen-bond acceptors (Lipinski definition) is 10. The molecule has 0 saturated heterocycles. The molecule has 7 aromatic rings. The first-order chi connectivity index (χ1) is 24.6. The van der Waals surface area contributed by atoms with Crippen LogP contribution < -0.4 is 68.9 Å².